The van der Waals surface area contributed by atoms with Gasteiger partial charge in [-0.15, -0.1) is 0 Å². The van der Waals surface area contributed by atoms with Crippen LogP contribution in [-0.2, 0) is 28.6 Å². The van der Waals surface area contributed by atoms with Gasteiger partial charge in [-0.2, -0.15) is 0 Å². The van der Waals surface area contributed by atoms with Gasteiger partial charge in [0.2, 0.25) is 0 Å². The van der Waals surface area contributed by atoms with Crippen LogP contribution in [0.25, 0.3) is 0 Å². The van der Waals surface area contributed by atoms with E-state index in [1.54, 1.807) is 6.08 Å². The first-order chi connectivity index (χ1) is 29.0. The number of carbonyl (C=O) groups excluding carboxylic acids is 3. The molecule has 0 aromatic heterocycles. The van der Waals surface area contributed by atoms with Crippen molar-refractivity contribution >= 4 is 17.9 Å². The molecule has 0 spiro atoms. The molecule has 0 aliphatic carbocycles. The van der Waals surface area contributed by atoms with Crippen molar-refractivity contribution in [1.82, 2.24) is 0 Å². The van der Waals surface area contributed by atoms with Gasteiger partial charge in [0.05, 0.1) is 6.42 Å². The van der Waals surface area contributed by atoms with Crippen LogP contribution in [0.1, 0.15) is 201 Å². The van der Waals surface area contributed by atoms with Crippen LogP contribution in [0.3, 0.4) is 0 Å². The maximum Gasteiger partial charge on any atom is 0.309 e. The second-order valence-electron chi connectivity index (χ2n) is 15.4. The summed E-state index contributed by atoms with van der Waals surface area (Å²) in [5, 5.41) is 0. The summed E-state index contributed by atoms with van der Waals surface area (Å²) in [4.78, 5) is 37.7. The van der Waals surface area contributed by atoms with Crippen molar-refractivity contribution in [2.45, 2.75) is 207 Å². The second kappa shape index (κ2) is 47.0. The minimum atomic E-state index is -0.829. The summed E-state index contributed by atoms with van der Waals surface area (Å²) in [5.41, 5.74) is 0. The third-order valence-electron chi connectivity index (χ3n) is 9.67. The highest BCUT2D eigenvalue weighted by molar-refractivity contribution is 5.72. The Bertz CT molecular complexity index is 1220. The summed E-state index contributed by atoms with van der Waals surface area (Å²) < 4.78 is 16.6. The number of hydrogen-bond donors (Lipinski definition) is 0. The quantitative estimate of drug-likeness (QED) is 0.0201. The lowest BCUT2D eigenvalue weighted by Gasteiger charge is -2.18. The van der Waals surface area contributed by atoms with E-state index in [0.717, 1.165) is 96.3 Å². The van der Waals surface area contributed by atoms with Gasteiger partial charge >= 0.3 is 17.9 Å². The summed E-state index contributed by atoms with van der Waals surface area (Å²) >= 11 is 0. The lowest BCUT2D eigenvalue weighted by molar-refractivity contribution is -0.166. The molecule has 0 aliphatic heterocycles. The Balaban J connectivity index is 4.48. The van der Waals surface area contributed by atoms with E-state index in [1.807, 2.05) is 6.08 Å². The van der Waals surface area contributed by atoms with Crippen molar-refractivity contribution in [3.63, 3.8) is 0 Å². The molecule has 6 heteroatoms. The molecule has 0 fully saturated rings. The molecule has 59 heavy (non-hydrogen) atoms. The van der Waals surface area contributed by atoms with E-state index in [2.05, 4.69) is 106 Å². The standard InChI is InChI=1S/C53H86O6/c1-4-7-10-13-16-19-21-23-25-26-27-28-30-31-34-37-40-43-46-52(55)58-49-50(48-57-51(54)45-42-39-36-33-18-15-12-9-6-3)59-53(56)47-44-41-38-35-32-29-24-22-20-17-14-11-8-5-2/h9,12,16,18-19,21,23,25-29,32-33,39,42,50H,4-8,10-11,13-15,17,20,22,24,30-31,34-38,40-41,43-49H2,1-3H3/b12-9-,19-16-,23-21-,26-25-,28-27-,32-29-,33-18-,42-39-. The average molecular weight is 819 g/mol. The van der Waals surface area contributed by atoms with Crippen LogP contribution in [-0.4, -0.2) is 37.2 Å². The molecule has 0 bridgehead atoms. The first-order valence-corrected chi connectivity index (χ1v) is 23.8. The third-order valence-corrected chi connectivity index (χ3v) is 9.67. The Morgan fingerprint density at radius 1 is 0.390 bits per heavy atom. The molecule has 0 heterocycles. The topological polar surface area (TPSA) is 78.9 Å². The van der Waals surface area contributed by atoms with Gasteiger partial charge in [0, 0.05) is 12.8 Å². The first kappa shape index (κ1) is 55.3. The molecule has 0 aromatic carbocycles. The summed E-state index contributed by atoms with van der Waals surface area (Å²) in [7, 11) is 0. The van der Waals surface area contributed by atoms with Crippen LogP contribution in [0, 0.1) is 0 Å². The second-order valence-corrected chi connectivity index (χ2v) is 15.4. The Morgan fingerprint density at radius 2 is 0.797 bits per heavy atom. The van der Waals surface area contributed by atoms with E-state index in [9.17, 15) is 14.4 Å². The number of carbonyl (C=O) groups is 3. The zero-order chi connectivity index (χ0) is 43.0. The number of allylic oxidation sites excluding steroid dienone is 15. The molecule has 6 nitrogen and oxygen atoms in total. The molecule has 1 unspecified atom stereocenters. The minimum Gasteiger partial charge on any atom is -0.462 e. The van der Waals surface area contributed by atoms with Gasteiger partial charge in [-0.05, 0) is 83.5 Å². The van der Waals surface area contributed by atoms with Gasteiger partial charge in [-0.3, -0.25) is 14.4 Å². The zero-order valence-corrected chi connectivity index (χ0v) is 38.0. The molecule has 0 saturated carbocycles. The van der Waals surface area contributed by atoms with Crippen LogP contribution in [0.2, 0.25) is 0 Å². The fourth-order valence-electron chi connectivity index (χ4n) is 6.10. The Hall–Kier alpha value is -3.67. The van der Waals surface area contributed by atoms with Crippen LogP contribution in [0.15, 0.2) is 97.2 Å². The predicted molar refractivity (Wildman–Crippen MR) is 251 cm³/mol. The minimum absolute atomic E-state index is 0.124. The zero-order valence-electron chi connectivity index (χ0n) is 38.0. The van der Waals surface area contributed by atoms with E-state index in [4.69, 9.17) is 14.2 Å². The molecule has 0 radical (unpaired) electrons. The molecule has 0 aliphatic rings. The highest BCUT2D eigenvalue weighted by atomic mass is 16.6. The lowest BCUT2D eigenvalue weighted by atomic mass is 10.1. The smallest absolute Gasteiger partial charge is 0.309 e. The first-order valence-electron chi connectivity index (χ1n) is 23.8. The van der Waals surface area contributed by atoms with Gasteiger partial charge in [-0.25, -0.2) is 0 Å². The molecular weight excluding hydrogens is 733 g/mol. The van der Waals surface area contributed by atoms with Crippen molar-refractivity contribution in [3.8, 4) is 0 Å². The Labute approximate surface area is 362 Å². The van der Waals surface area contributed by atoms with Gasteiger partial charge in [-0.1, -0.05) is 195 Å². The van der Waals surface area contributed by atoms with Crippen LogP contribution < -0.4 is 0 Å². The van der Waals surface area contributed by atoms with Gasteiger partial charge < -0.3 is 14.2 Å². The maximum absolute atomic E-state index is 12.7. The van der Waals surface area contributed by atoms with Crippen molar-refractivity contribution < 1.29 is 28.6 Å². The highest BCUT2D eigenvalue weighted by Crippen LogP contribution is 2.12. The van der Waals surface area contributed by atoms with Gasteiger partial charge in [0.1, 0.15) is 13.2 Å². The normalized spacial score (nSPS) is 12.9. The molecular formula is C53H86O6. The maximum atomic E-state index is 12.7. The highest BCUT2D eigenvalue weighted by Gasteiger charge is 2.19. The van der Waals surface area contributed by atoms with Crippen LogP contribution in [0.4, 0.5) is 0 Å². The average Bonchev–Trinajstić information content (AvgIpc) is 3.23. The summed E-state index contributed by atoms with van der Waals surface area (Å²) in [6.07, 6.45) is 61.4. The Morgan fingerprint density at radius 3 is 1.37 bits per heavy atom. The largest absolute Gasteiger partial charge is 0.462 e. The molecule has 0 amide bonds. The summed E-state index contributed by atoms with van der Waals surface area (Å²) in [6, 6.07) is 0. The van der Waals surface area contributed by atoms with Crippen LogP contribution >= 0.6 is 0 Å². The van der Waals surface area contributed by atoms with Crippen LogP contribution in [0.5, 0.6) is 0 Å². The molecule has 0 saturated heterocycles. The number of unbranched alkanes of at least 4 members (excludes halogenated alkanes) is 18. The van der Waals surface area contributed by atoms with E-state index in [-0.39, 0.29) is 38.0 Å². The lowest BCUT2D eigenvalue weighted by Crippen LogP contribution is -2.30. The number of hydrogen-bond acceptors (Lipinski definition) is 6. The fourth-order valence-corrected chi connectivity index (χ4v) is 6.10. The fraction of sp³-hybridized carbons (Fsp3) is 0.642. The molecule has 334 valence electrons. The molecule has 0 aromatic rings. The summed E-state index contributed by atoms with van der Waals surface area (Å²) in [5.74, 6) is -1.10. The summed E-state index contributed by atoms with van der Waals surface area (Å²) in [6.45, 7) is 6.32. The van der Waals surface area contributed by atoms with Crippen molar-refractivity contribution in [2.24, 2.45) is 0 Å². The van der Waals surface area contributed by atoms with E-state index in [0.29, 0.717) is 6.42 Å². The molecule has 1 atom stereocenters. The van der Waals surface area contributed by atoms with E-state index >= 15 is 0 Å². The number of rotatable bonds is 41. The van der Waals surface area contributed by atoms with Crippen molar-refractivity contribution in [3.05, 3.63) is 97.2 Å². The SMILES string of the molecule is CC/C=C\C/C=C\C/C=C\CC(=O)OCC(COC(=O)CCCCCCC\C=C/C=C\C=C/C=C\CCCCC)OC(=O)CCCCC/C=C\CCCCCCCCC. The van der Waals surface area contributed by atoms with Crippen molar-refractivity contribution in [2.75, 3.05) is 13.2 Å². The van der Waals surface area contributed by atoms with Gasteiger partial charge in [0.15, 0.2) is 6.10 Å². The predicted octanol–water partition coefficient (Wildman–Crippen LogP) is 15.4. The Kier molecular flexibility index (Phi) is 44.1. The van der Waals surface area contributed by atoms with E-state index in [1.165, 1.54) is 64.2 Å². The van der Waals surface area contributed by atoms with E-state index < -0.39 is 12.1 Å². The number of ether oxygens (including phenoxy) is 3. The van der Waals surface area contributed by atoms with Gasteiger partial charge in [0.25, 0.3) is 0 Å². The third kappa shape index (κ3) is 45.3. The molecule has 0 N–H and O–H groups in total. The van der Waals surface area contributed by atoms with Crippen molar-refractivity contribution in [1.29, 1.82) is 0 Å². The molecule has 0 rings (SSSR count). The monoisotopic (exact) mass is 819 g/mol. The number of esters is 3.